The van der Waals surface area contributed by atoms with Gasteiger partial charge in [0.25, 0.3) is 0 Å². The fourth-order valence-corrected chi connectivity index (χ4v) is 2.10. The van der Waals surface area contributed by atoms with Crippen molar-refractivity contribution < 1.29 is 0 Å². The van der Waals surface area contributed by atoms with Gasteiger partial charge >= 0.3 is 0 Å². The Morgan fingerprint density at radius 2 is 2.23 bits per heavy atom. The molecule has 13 heavy (non-hydrogen) atoms. The maximum Gasteiger partial charge on any atom is 0.0384 e. The first kappa shape index (κ1) is 10.7. The Balaban J connectivity index is 2.23. The zero-order valence-electron chi connectivity index (χ0n) is 8.84. The summed E-state index contributed by atoms with van der Waals surface area (Å²) in [7, 11) is 0. The molecule has 0 radical (unpaired) electrons. The molecule has 2 nitrogen and oxygen atoms in total. The molecule has 0 amide bonds. The number of likely N-dealkylation sites (tertiary alicyclic amines) is 1. The van der Waals surface area contributed by atoms with Crippen molar-refractivity contribution in [3.05, 3.63) is 0 Å². The molecule has 1 heterocycles. The third-order valence-electron chi connectivity index (χ3n) is 3.08. The van der Waals surface area contributed by atoms with E-state index in [0.717, 1.165) is 12.5 Å². The summed E-state index contributed by atoms with van der Waals surface area (Å²) in [4.78, 5) is 6.49. The number of rotatable bonds is 4. The van der Waals surface area contributed by atoms with Gasteiger partial charge in [-0.3, -0.25) is 0 Å². The molecule has 1 atom stereocenters. The van der Waals surface area contributed by atoms with Crippen molar-refractivity contribution in [1.82, 2.24) is 4.90 Å². The maximum atomic E-state index is 3.94. The van der Waals surface area contributed by atoms with Crippen LogP contribution in [0.4, 0.5) is 0 Å². The Bertz CT molecular complexity index is 145. The molecule has 0 aromatic carbocycles. The predicted molar refractivity (Wildman–Crippen MR) is 58.5 cm³/mol. The van der Waals surface area contributed by atoms with Crippen LogP contribution in [0.3, 0.4) is 0 Å². The Labute approximate surface area is 82.0 Å². The highest BCUT2D eigenvalue weighted by atomic mass is 15.1. The minimum atomic E-state index is 0.905. The third kappa shape index (κ3) is 3.90. The zero-order chi connectivity index (χ0) is 9.52. The molecule has 1 aliphatic rings. The summed E-state index contributed by atoms with van der Waals surface area (Å²) in [5.41, 5.74) is 0. The Morgan fingerprint density at radius 3 is 2.92 bits per heavy atom. The highest BCUT2D eigenvalue weighted by Crippen LogP contribution is 2.20. The van der Waals surface area contributed by atoms with Crippen LogP contribution in [0.1, 0.15) is 32.6 Å². The quantitative estimate of drug-likeness (QED) is 0.609. The van der Waals surface area contributed by atoms with Crippen LogP contribution in [0.5, 0.6) is 0 Å². The van der Waals surface area contributed by atoms with Crippen LogP contribution in [0.2, 0.25) is 0 Å². The first-order valence-corrected chi connectivity index (χ1v) is 5.51. The third-order valence-corrected chi connectivity index (χ3v) is 3.08. The number of hydrogen-bond acceptors (Lipinski definition) is 2. The van der Waals surface area contributed by atoms with Crippen molar-refractivity contribution in [3.8, 4) is 0 Å². The van der Waals surface area contributed by atoms with E-state index in [2.05, 4.69) is 23.5 Å². The standard InChI is InChI=1S/C11H22N2/c1-3-13-9-4-5-11(7-10-13)6-8-12-2/h11H,2-10H2,1H3. The van der Waals surface area contributed by atoms with Crippen molar-refractivity contribution in [2.75, 3.05) is 26.2 Å². The average Bonchev–Trinajstić information content (AvgIpc) is 2.39. The smallest absolute Gasteiger partial charge is 0.0384 e. The Kier molecular flexibility index (Phi) is 5.06. The summed E-state index contributed by atoms with van der Waals surface area (Å²) in [6.45, 7) is 10.6. The van der Waals surface area contributed by atoms with Crippen molar-refractivity contribution in [2.45, 2.75) is 32.6 Å². The molecule has 0 aliphatic carbocycles. The summed E-state index contributed by atoms with van der Waals surface area (Å²) in [5, 5.41) is 0. The second-order valence-corrected chi connectivity index (χ2v) is 3.97. The van der Waals surface area contributed by atoms with Gasteiger partial charge in [-0.25, -0.2) is 0 Å². The lowest BCUT2D eigenvalue weighted by molar-refractivity contribution is 0.294. The van der Waals surface area contributed by atoms with Gasteiger partial charge in [-0.05, 0) is 58.0 Å². The summed E-state index contributed by atoms with van der Waals surface area (Å²) in [5.74, 6) is 0.905. The molecule has 76 valence electrons. The predicted octanol–water partition coefficient (Wildman–Crippen LogP) is 2.20. The van der Waals surface area contributed by atoms with Gasteiger partial charge < -0.3 is 9.89 Å². The highest BCUT2D eigenvalue weighted by molar-refractivity contribution is 5.23. The van der Waals surface area contributed by atoms with Gasteiger partial charge in [0.15, 0.2) is 0 Å². The SMILES string of the molecule is C=NCCC1CCCN(CC)CC1. The van der Waals surface area contributed by atoms with Crippen molar-refractivity contribution in [3.63, 3.8) is 0 Å². The molecule has 0 aromatic rings. The molecule has 0 aromatic heterocycles. The van der Waals surface area contributed by atoms with Gasteiger partial charge in [0.2, 0.25) is 0 Å². The van der Waals surface area contributed by atoms with Crippen LogP contribution in [-0.2, 0) is 0 Å². The fourth-order valence-electron chi connectivity index (χ4n) is 2.10. The van der Waals surface area contributed by atoms with Gasteiger partial charge in [-0.15, -0.1) is 0 Å². The molecule has 0 saturated carbocycles. The van der Waals surface area contributed by atoms with Crippen LogP contribution >= 0.6 is 0 Å². The van der Waals surface area contributed by atoms with E-state index in [4.69, 9.17) is 0 Å². The number of aliphatic imine (C=N–C) groups is 1. The van der Waals surface area contributed by atoms with Crippen LogP contribution in [0, 0.1) is 5.92 Å². The van der Waals surface area contributed by atoms with Gasteiger partial charge in [-0.1, -0.05) is 6.92 Å². The molecule has 1 rings (SSSR count). The second-order valence-electron chi connectivity index (χ2n) is 3.97. The topological polar surface area (TPSA) is 15.6 Å². The summed E-state index contributed by atoms with van der Waals surface area (Å²) in [6, 6.07) is 0. The van der Waals surface area contributed by atoms with E-state index in [1.807, 2.05) is 0 Å². The van der Waals surface area contributed by atoms with E-state index in [1.165, 1.54) is 45.3 Å². The van der Waals surface area contributed by atoms with E-state index in [-0.39, 0.29) is 0 Å². The van der Waals surface area contributed by atoms with Crippen molar-refractivity contribution >= 4 is 6.72 Å². The summed E-state index contributed by atoms with van der Waals surface area (Å²) >= 11 is 0. The molecule has 0 N–H and O–H groups in total. The van der Waals surface area contributed by atoms with Crippen molar-refractivity contribution in [2.24, 2.45) is 10.9 Å². The summed E-state index contributed by atoms with van der Waals surface area (Å²) < 4.78 is 0. The maximum absolute atomic E-state index is 3.94. The van der Waals surface area contributed by atoms with Crippen molar-refractivity contribution in [1.29, 1.82) is 0 Å². The number of nitrogens with zero attached hydrogens (tertiary/aromatic N) is 2. The minimum Gasteiger partial charge on any atom is -0.304 e. The van der Waals surface area contributed by atoms with Crippen LogP contribution in [-0.4, -0.2) is 37.8 Å². The molecule has 1 unspecified atom stereocenters. The first-order valence-electron chi connectivity index (χ1n) is 5.51. The lowest BCUT2D eigenvalue weighted by atomic mass is 9.97. The molecule has 2 heteroatoms. The first-order chi connectivity index (χ1) is 6.36. The van der Waals surface area contributed by atoms with Crippen LogP contribution in [0.15, 0.2) is 4.99 Å². The van der Waals surface area contributed by atoms with Crippen LogP contribution in [0.25, 0.3) is 0 Å². The Morgan fingerprint density at radius 1 is 1.38 bits per heavy atom. The van der Waals surface area contributed by atoms with E-state index >= 15 is 0 Å². The lowest BCUT2D eigenvalue weighted by Gasteiger charge is -2.17. The van der Waals surface area contributed by atoms with E-state index < -0.39 is 0 Å². The van der Waals surface area contributed by atoms with E-state index in [0.29, 0.717) is 0 Å². The normalized spacial score (nSPS) is 25.5. The Hall–Kier alpha value is -0.370. The molecule has 0 spiro atoms. The van der Waals surface area contributed by atoms with Gasteiger partial charge in [0.1, 0.15) is 0 Å². The largest absolute Gasteiger partial charge is 0.304 e. The molecular weight excluding hydrogens is 160 g/mol. The van der Waals surface area contributed by atoms with Gasteiger partial charge in [-0.2, -0.15) is 0 Å². The average molecular weight is 182 g/mol. The zero-order valence-corrected chi connectivity index (χ0v) is 8.84. The van der Waals surface area contributed by atoms with Gasteiger partial charge in [0, 0.05) is 6.54 Å². The number of hydrogen-bond donors (Lipinski definition) is 0. The fraction of sp³-hybridized carbons (Fsp3) is 0.909. The van der Waals surface area contributed by atoms with Gasteiger partial charge in [0.05, 0.1) is 0 Å². The minimum absolute atomic E-state index is 0.905. The van der Waals surface area contributed by atoms with Crippen LogP contribution < -0.4 is 0 Å². The van der Waals surface area contributed by atoms with E-state index in [9.17, 15) is 0 Å². The second kappa shape index (κ2) is 6.14. The monoisotopic (exact) mass is 182 g/mol. The van der Waals surface area contributed by atoms with E-state index in [1.54, 1.807) is 0 Å². The molecule has 1 aliphatic heterocycles. The molecule has 0 bridgehead atoms. The molecular formula is C11H22N2. The highest BCUT2D eigenvalue weighted by Gasteiger charge is 2.14. The lowest BCUT2D eigenvalue weighted by Crippen LogP contribution is -2.24. The summed E-state index contributed by atoms with van der Waals surface area (Å²) in [6.07, 6.45) is 5.38. The molecule has 1 fully saturated rings. The molecule has 1 saturated heterocycles.